The summed E-state index contributed by atoms with van der Waals surface area (Å²) in [7, 11) is 0. The van der Waals surface area contributed by atoms with Gasteiger partial charge in [-0.15, -0.1) is 0 Å². The highest BCUT2D eigenvalue weighted by Crippen LogP contribution is 2.33. The maximum Gasteiger partial charge on any atom is 0.242 e. The normalized spacial score (nSPS) is 17.1. The number of thioether (sulfide) groups is 1. The molecule has 162 valence electrons. The van der Waals surface area contributed by atoms with Gasteiger partial charge in [-0.25, -0.2) is 4.99 Å². The SMILES string of the molecule is O=C(C[C@H]1SC(=Nc2ccccc2)N(Cc2ccccc2)C1=O)Nc1cc(Cl)ccc1Cl. The van der Waals surface area contributed by atoms with Crippen molar-refractivity contribution >= 4 is 63.3 Å². The van der Waals surface area contributed by atoms with E-state index in [1.54, 1.807) is 23.1 Å². The lowest BCUT2D eigenvalue weighted by Gasteiger charge is -2.16. The Morgan fingerprint density at radius 3 is 2.41 bits per heavy atom. The summed E-state index contributed by atoms with van der Waals surface area (Å²) >= 11 is 13.4. The van der Waals surface area contributed by atoms with E-state index in [1.165, 1.54) is 11.8 Å². The van der Waals surface area contributed by atoms with Crippen molar-refractivity contribution in [3.05, 3.63) is 94.5 Å². The molecule has 5 nitrogen and oxygen atoms in total. The maximum absolute atomic E-state index is 13.2. The average Bonchev–Trinajstić information content (AvgIpc) is 3.06. The molecule has 3 aromatic rings. The number of aliphatic imine (C=N–C) groups is 1. The van der Waals surface area contributed by atoms with E-state index in [4.69, 9.17) is 23.2 Å². The fourth-order valence-corrected chi connectivity index (χ4v) is 4.71. The molecule has 8 heteroatoms. The van der Waals surface area contributed by atoms with E-state index in [1.807, 2.05) is 60.7 Å². The number of hydrogen-bond acceptors (Lipinski definition) is 4. The number of anilines is 1. The van der Waals surface area contributed by atoms with Crippen LogP contribution in [0.5, 0.6) is 0 Å². The molecule has 0 aliphatic carbocycles. The number of nitrogens with one attached hydrogen (secondary N) is 1. The molecule has 0 radical (unpaired) electrons. The van der Waals surface area contributed by atoms with Crippen LogP contribution in [0.1, 0.15) is 12.0 Å². The van der Waals surface area contributed by atoms with E-state index in [2.05, 4.69) is 10.3 Å². The van der Waals surface area contributed by atoms with Gasteiger partial charge in [0.25, 0.3) is 0 Å². The van der Waals surface area contributed by atoms with Crippen LogP contribution in [-0.2, 0) is 16.1 Å². The van der Waals surface area contributed by atoms with Crippen LogP contribution < -0.4 is 5.32 Å². The summed E-state index contributed by atoms with van der Waals surface area (Å²) in [6, 6.07) is 24.0. The van der Waals surface area contributed by atoms with Gasteiger partial charge >= 0.3 is 0 Å². The first-order valence-corrected chi connectivity index (χ1v) is 11.5. The molecule has 0 unspecified atom stereocenters. The Kier molecular flexibility index (Phi) is 7.15. The molecule has 1 aliphatic rings. The van der Waals surface area contributed by atoms with E-state index >= 15 is 0 Å². The first kappa shape index (κ1) is 22.4. The lowest BCUT2D eigenvalue weighted by molar-refractivity contribution is -0.128. The number of nitrogens with zero attached hydrogens (tertiary/aromatic N) is 2. The van der Waals surface area contributed by atoms with E-state index in [0.717, 1.165) is 11.3 Å². The molecule has 2 amide bonds. The molecule has 0 bridgehead atoms. The first-order chi connectivity index (χ1) is 15.5. The van der Waals surface area contributed by atoms with Crippen LogP contribution in [0.3, 0.4) is 0 Å². The summed E-state index contributed by atoms with van der Waals surface area (Å²) in [6.45, 7) is 0.385. The van der Waals surface area contributed by atoms with E-state index in [9.17, 15) is 9.59 Å². The van der Waals surface area contributed by atoms with Crippen LogP contribution in [0.2, 0.25) is 10.0 Å². The molecular weight excluding hydrogens is 465 g/mol. The fraction of sp³-hybridized carbons (Fsp3) is 0.125. The minimum absolute atomic E-state index is 0.00849. The van der Waals surface area contributed by atoms with Crippen molar-refractivity contribution in [2.75, 3.05) is 5.32 Å². The van der Waals surface area contributed by atoms with Gasteiger partial charge in [0.2, 0.25) is 11.8 Å². The second-order valence-corrected chi connectivity index (χ2v) is 9.14. The minimum atomic E-state index is -0.584. The van der Waals surface area contributed by atoms with E-state index in [0.29, 0.717) is 27.4 Å². The smallest absolute Gasteiger partial charge is 0.242 e. The van der Waals surface area contributed by atoms with Crippen molar-refractivity contribution in [2.24, 2.45) is 4.99 Å². The third-order valence-electron chi connectivity index (χ3n) is 4.76. The summed E-state index contributed by atoms with van der Waals surface area (Å²) in [6.07, 6.45) is -0.00849. The molecule has 1 fully saturated rings. The van der Waals surface area contributed by atoms with Gasteiger partial charge in [0.05, 0.1) is 22.9 Å². The Bertz CT molecular complexity index is 1160. The molecule has 3 aromatic carbocycles. The molecule has 4 rings (SSSR count). The van der Waals surface area contributed by atoms with Gasteiger partial charge in [0.15, 0.2) is 5.17 Å². The number of rotatable bonds is 6. The van der Waals surface area contributed by atoms with Crippen molar-refractivity contribution in [1.29, 1.82) is 0 Å². The standard InChI is InChI=1S/C24H19Cl2N3O2S/c25-17-11-12-19(26)20(13-17)28-22(30)14-21-23(31)29(15-16-7-3-1-4-8-16)24(32-21)27-18-9-5-2-6-10-18/h1-13,21H,14-15H2,(H,28,30)/t21-/m1/s1. The number of carbonyl (C=O) groups excluding carboxylic acids is 2. The van der Waals surface area contributed by atoms with Crippen molar-refractivity contribution in [2.45, 2.75) is 18.2 Å². The molecule has 1 atom stereocenters. The van der Waals surface area contributed by atoms with E-state index in [-0.39, 0.29) is 18.2 Å². The molecule has 1 N–H and O–H groups in total. The summed E-state index contributed by atoms with van der Waals surface area (Å²) in [5.41, 5.74) is 2.15. The zero-order valence-corrected chi connectivity index (χ0v) is 19.2. The molecule has 0 aromatic heterocycles. The van der Waals surface area contributed by atoms with Crippen LogP contribution in [0, 0.1) is 0 Å². The summed E-state index contributed by atoms with van der Waals surface area (Å²) < 4.78 is 0. The Balaban J connectivity index is 1.54. The number of amidine groups is 1. The van der Waals surface area contributed by atoms with Crippen molar-refractivity contribution in [3.8, 4) is 0 Å². The summed E-state index contributed by atoms with van der Waals surface area (Å²) in [4.78, 5) is 32.2. The first-order valence-electron chi connectivity index (χ1n) is 9.90. The molecule has 0 spiro atoms. The predicted molar refractivity (Wildman–Crippen MR) is 132 cm³/mol. The quantitative estimate of drug-likeness (QED) is 0.456. The van der Waals surface area contributed by atoms with Gasteiger partial charge in [0, 0.05) is 11.4 Å². The summed E-state index contributed by atoms with van der Waals surface area (Å²) in [5.74, 6) is -0.471. The zero-order chi connectivity index (χ0) is 22.5. The van der Waals surface area contributed by atoms with Gasteiger partial charge in [-0.05, 0) is 35.9 Å². The Morgan fingerprint density at radius 2 is 1.69 bits per heavy atom. The molecule has 32 heavy (non-hydrogen) atoms. The van der Waals surface area contributed by atoms with Crippen molar-refractivity contribution < 1.29 is 9.59 Å². The minimum Gasteiger partial charge on any atom is -0.325 e. The Hall–Kier alpha value is -2.80. The van der Waals surface area contributed by atoms with Crippen LogP contribution in [0.4, 0.5) is 11.4 Å². The monoisotopic (exact) mass is 483 g/mol. The van der Waals surface area contributed by atoms with Crippen LogP contribution in [0.25, 0.3) is 0 Å². The fourth-order valence-electron chi connectivity index (χ4n) is 3.21. The highest BCUT2D eigenvalue weighted by molar-refractivity contribution is 8.15. The highest BCUT2D eigenvalue weighted by Gasteiger charge is 2.39. The zero-order valence-electron chi connectivity index (χ0n) is 16.9. The molecular formula is C24H19Cl2N3O2S. The summed E-state index contributed by atoms with van der Waals surface area (Å²) in [5, 5.41) is 3.58. The molecule has 1 aliphatic heterocycles. The van der Waals surface area contributed by atoms with Gasteiger partial charge < -0.3 is 5.32 Å². The molecule has 0 saturated carbocycles. The maximum atomic E-state index is 13.2. The second-order valence-electron chi connectivity index (χ2n) is 7.12. The number of halogens is 2. The van der Waals surface area contributed by atoms with Gasteiger partial charge in [-0.2, -0.15) is 0 Å². The van der Waals surface area contributed by atoms with Crippen LogP contribution in [0.15, 0.2) is 83.9 Å². The third-order valence-corrected chi connectivity index (χ3v) is 6.50. The highest BCUT2D eigenvalue weighted by atomic mass is 35.5. The Morgan fingerprint density at radius 1 is 1.00 bits per heavy atom. The predicted octanol–water partition coefficient (Wildman–Crippen LogP) is 6.15. The molecule has 1 saturated heterocycles. The van der Waals surface area contributed by atoms with E-state index < -0.39 is 5.25 Å². The van der Waals surface area contributed by atoms with Gasteiger partial charge in [0.1, 0.15) is 5.25 Å². The largest absolute Gasteiger partial charge is 0.325 e. The molecule has 1 heterocycles. The van der Waals surface area contributed by atoms with Crippen LogP contribution >= 0.6 is 35.0 Å². The number of amides is 2. The van der Waals surface area contributed by atoms with Crippen molar-refractivity contribution in [3.63, 3.8) is 0 Å². The van der Waals surface area contributed by atoms with Crippen molar-refractivity contribution in [1.82, 2.24) is 4.90 Å². The lowest BCUT2D eigenvalue weighted by Crippen LogP contribution is -2.33. The number of carbonyl (C=O) groups is 2. The lowest BCUT2D eigenvalue weighted by atomic mass is 10.2. The number of benzene rings is 3. The average molecular weight is 484 g/mol. The van der Waals surface area contributed by atoms with Gasteiger partial charge in [-0.1, -0.05) is 83.5 Å². The third kappa shape index (κ3) is 5.51. The Labute approximate surface area is 200 Å². The van der Waals surface area contributed by atoms with Crippen LogP contribution in [-0.4, -0.2) is 27.1 Å². The van der Waals surface area contributed by atoms with Gasteiger partial charge in [-0.3, -0.25) is 14.5 Å². The number of para-hydroxylation sites is 1. The number of hydrogen-bond donors (Lipinski definition) is 1. The topological polar surface area (TPSA) is 61.8 Å². The second kappa shape index (κ2) is 10.2.